The van der Waals surface area contributed by atoms with E-state index >= 15 is 0 Å². The van der Waals surface area contributed by atoms with Gasteiger partial charge in [0.1, 0.15) is 5.76 Å². The van der Waals surface area contributed by atoms with Crippen molar-refractivity contribution in [3.8, 4) is 11.5 Å². The molecule has 0 unspecified atom stereocenters. The highest BCUT2D eigenvalue weighted by atomic mass is 16.5. The number of anilines is 1. The number of amides is 2. The number of carbonyl (C=O) groups excluding carboxylic acids is 2. The summed E-state index contributed by atoms with van der Waals surface area (Å²) < 4.78 is 16.3. The zero-order valence-electron chi connectivity index (χ0n) is 17.6. The zero-order valence-corrected chi connectivity index (χ0v) is 17.6. The zero-order chi connectivity index (χ0) is 22.1. The second kappa shape index (κ2) is 10.9. The van der Waals surface area contributed by atoms with Gasteiger partial charge in [-0.15, -0.1) is 0 Å². The quantitative estimate of drug-likeness (QED) is 0.464. The first kappa shape index (κ1) is 22.0. The second-order valence-corrected chi connectivity index (χ2v) is 6.83. The number of ether oxygens (including phenoxy) is 2. The van der Waals surface area contributed by atoms with Crippen LogP contribution in [0.2, 0.25) is 0 Å². The average Bonchev–Trinajstić information content (AvgIpc) is 3.32. The number of benzene rings is 2. The van der Waals surface area contributed by atoms with E-state index in [9.17, 15) is 9.59 Å². The molecule has 7 nitrogen and oxygen atoms in total. The molecule has 7 heteroatoms. The van der Waals surface area contributed by atoms with Gasteiger partial charge >= 0.3 is 0 Å². The molecule has 0 saturated carbocycles. The van der Waals surface area contributed by atoms with Crippen molar-refractivity contribution in [2.24, 2.45) is 0 Å². The summed E-state index contributed by atoms with van der Waals surface area (Å²) in [4.78, 5) is 25.4. The molecule has 1 aromatic heterocycles. The number of hydrogen-bond donors (Lipinski definition) is 2. The van der Waals surface area contributed by atoms with Crippen LogP contribution in [-0.4, -0.2) is 25.5 Å². The van der Waals surface area contributed by atoms with Crippen LogP contribution in [0, 0.1) is 0 Å². The summed E-state index contributed by atoms with van der Waals surface area (Å²) in [5, 5.41) is 5.59. The van der Waals surface area contributed by atoms with E-state index in [1.165, 1.54) is 7.11 Å². The van der Waals surface area contributed by atoms with Crippen LogP contribution in [0.1, 0.15) is 46.2 Å². The lowest BCUT2D eigenvalue weighted by Crippen LogP contribution is -2.24. The van der Waals surface area contributed by atoms with E-state index in [1.54, 1.807) is 60.9 Å². The molecule has 2 amide bonds. The van der Waals surface area contributed by atoms with Gasteiger partial charge in [0.15, 0.2) is 11.5 Å². The Kier molecular flexibility index (Phi) is 7.70. The minimum Gasteiger partial charge on any atom is -0.493 e. The Bertz CT molecular complexity index is 1010. The highest BCUT2D eigenvalue weighted by Gasteiger charge is 2.16. The van der Waals surface area contributed by atoms with E-state index in [-0.39, 0.29) is 18.4 Å². The average molecular weight is 422 g/mol. The Labute approximate surface area is 181 Å². The molecule has 162 valence electrons. The normalized spacial score (nSPS) is 10.4. The molecule has 3 rings (SSSR count). The third-order valence-electron chi connectivity index (χ3n) is 4.60. The third kappa shape index (κ3) is 5.88. The maximum Gasteiger partial charge on any atom is 0.255 e. The first-order valence-corrected chi connectivity index (χ1v) is 10.1. The molecule has 0 aliphatic heterocycles. The minimum absolute atomic E-state index is 0.255. The molecule has 0 fully saturated rings. The number of rotatable bonds is 10. The highest BCUT2D eigenvalue weighted by molar-refractivity contribution is 6.09. The van der Waals surface area contributed by atoms with Crippen molar-refractivity contribution in [2.45, 2.75) is 26.3 Å². The number of hydrogen-bond acceptors (Lipinski definition) is 5. The van der Waals surface area contributed by atoms with Crippen LogP contribution in [-0.2, 0) is 6.54 Å². The van der Waals surface area contributed by atoms with Gasteiger partial charge in [-0.25, -0.2) is 0 Å². The first-order valence-electron chi connectivity index (χ1n) is 10.1. The fourth-order valence-electron chi connectivity index (χ4n) is 2.91. The number of unbranched alkanes of at least 4 members (excludes halogenated alkanes) is 1. The van der Waals surface area contributed by atoms with Crippen molar-refractivity contribution in [1.82, 2.24) is 5.32 Å². The van der Waals surface area contributed by atoms with Gasteiger partial charge in [-0.1, -0.05) is 25.5 Å². The smallest absolute Gasteiger partial charge is 0.255 e. The number of methoxy groups -OCH3 is 1. The van der Waals surface area contributed by atoms with Crippen molar-refractivity contribution in [2.75, 3.05) is 19.0 Å². The van der Waals surface area contributed by atoms with Gasteiger partial charge in [0, 0.05) is 5.56 Å². The van der Waals surface area contributed by atoms with Crippen LogP contribution in [0.4, 0.5) is 5.69 Å². The van der Waals surface area contributed by atoms with Gasteiger partial charge < -0.3 is 24.5 Å². The fourth-order valence-corrected chi connectivity index (χ4v) is 2.91. The lowest BCUT2D eigenvalue weighted by atomic mass is 10.1. The number of carbonyl (C=O) groups is 2. The molecular formula is C24H26N2O5. The van der Waals surface area contributed by atoms with Gasteiger partial charge in [0.2, 0.25) is 0 Å². The molecule has 31 heavy (non-hydrogen) atoms. The Hall–Kier alpha value is -3.74. The minimum atomic E-state index is -0.357. The first-order chi connectivity index (χ1) is 15.1. The third-order valence-corrected chi connectivity index (χ3v) is 4.60. The maximum absolute atomic E-state index is 12.8. The van der Waals surface area contributed by atoms with Crippen LogP contribution >= 0.6 is 0 Å². The highest BCUT2D eigenvalue weighted by Crippen LogP contribution is 2.29. The van der Waals surface area contributed by atoms with Gasteiger partial charge in [0.05, 0.1) is 37.8 Å². The summed E-state index contributed by atoms with van der Waals surface area (Å²) in [6.07, 6.45) is 3.51. The van der Waals surface area contributed by atoms with Gasteiger partial charge in [-0.05, 0) is 48.9 Å². The summed E-state index contributed by atoms with van der Waals surface area (Å²) in [7, 11) is 1.53. The van der Waals surface area contributed by atoms with Crippen LogP contribution < -0.4 is 20.1 Å². The monoisotopic (exact) mass is 422 g/mol. The van der Waals surface area contributed by atoms with E-state index in [0.29, 0.717) is 40.7 Å². The molecule has 0 radical (unpaired) electrons. The summed E-state index contributed by atoms with van der Waals surface area (Å²) in [6, 6.07) is 15.4. The Balaban J connectivity index is 1.71. The predicted molar refractivity (Wildman–Crippen MR) is 118 cm³/mol. The maximum atomic E-state index is 12.8. The van der Waals surface area contributed by atoms with Crippen LogP contribution in [0.25, 0.3) is 0 Å². The van der Waals surface area contributed by atoms with Crippen LogP contribution in [0.3, 0.4) is 0 Å². The summed E-state index contributed by atoms with van der Waals surface area (Å²) >= 11 is 0. The number of para-hydroxylation sites is 1. The lowest BCUT2D eigenvalue weighted by molar-refractivity contribution is 0.0949. The predicted octanol–water partition coefficient (Wildman–Crippen LogP) is 4.65. The molecule has 2 N–H and O–H groups in total. The standard InChI is InChI=1S/C24H26N2O5/c1-3-4-13-31-21-12-11-17(15-22(21)29-2)23(27)26-20-10-6-5-9-19(20)24(28)25-16-18-8-7-14-30-18/h5-12,14-15H,3-4,13,16H2,1-2H3,(H,25,28)(H,26,27). The van der Waals surface area contributed by atoms with E-state index in [2.05, 4.69) is 17.6 Å². The van der Waals surface area contributed by atoms with Crippen molar-refractivity contribution >= 4 is 17.5 Å². The topological polar surface area (TPSA) is 89.8 Å². The molecular weight excluding hydrogens is 396 g/mol. The van der Waals surface area contributed by atoms with Gasteiger partial charge in [-0.2, -0.15) is 0 Å². The molecule has 0 bridgehead atoms. The Morgan fingerprint density at radius 2 is 1.84 bits per heavy atom. The van der Waals surface area contributed by atoms with Gasteiger partial charge in [0.25, 0.3) is 11.8 Å². The van der Waals surface area contributed by atoms with E-state index in [1.807, 2.05) is 0 Å². The molecule has 0 aliphatic carbocycles. The van der Waals surface area contributed by atoms with Crippen LogP contribution in [0.15, 0.2) is 65.3 Å². The molecule has 3 aromatic rings. The van der Waals surface area contributed by atoms with E-state index in [4.69, 9.17) is 13.9 Å². The van der Waals surface area contributed by atoms with Crippen molar-refractivity contribution in [3.05, 3.63) is 77.7 Å². The molecule has 0 aliphatic rings. The molecule has 0 saturated heterocycles. The lowest BCUT2D eigenvalue weighted by Gasteiger charge is -2.13. The van der Waals surface area contributed by atoms with Crippen molar-refractivity contribution in [3.63, 3.8) is 0 Å². The summed E-state index contributed by atoms with van der Waals surface area (Å²) in [5.74, 6) is 1.04. The Morgan fingerprint density at radius 3 is 2.58 bits per heavy atom. The van der Waals surface area contributed by atoms with E-state index in [0.717, 1.165) is 12.8 Å². The molecule has 2 aromatic carbocycles. The fraction of sp³-hybridized carbons (Fsp3) is 0.250. The summed E-state index contributed by atoms with van der Waals surface area (Å²) in [5.41, 5.74) is 1.16. The SMILES string of the molecule is CCCCOc1ccc(C(=O)Nc2ccccc2C(=O)NCc2ccco2)cc1OC. The number of nitrogens with one attached hydrogen (secondary N) is 2. The largest absolute Gasteiger partial charge is 0.493 e. The van der Waals surface area contributed by atoms with Gasteiger partial charge in [-0.3, -0.25) is 9.59 Å². The molecule has 0 spiro atoms. The molecule has 0 atom stereocenters. The molecule has 1 heterocycles. The number of furan rings is 1. The van der Waals surface area contributed by atoms with E-state index < -0.39 is 0 Å². The van der Waals surface area contributed by atoms with Crippen molar-refractivity contribution < 1.29 is 23.5 Å². The second-order valence-electron chi connectivity index (χ2n) is 6.83. The van der Waals surface area contributed by atoms with Crippen LogP contribution in [0.5, 0.6) is 11.5 Å². The Morgan fingerprint density at radius 1 is 1.00 bits per heavy atom. The van der Waals surface area contributed by atoms with Crippen molar-refractivity contribution in [1.29, 1.82) is 0 Å². The summed E-state index contributed by atoms with van der Waals surface area (Å²) in [6.45, 7) is 2.92.